The van der Waals surface area contributed by atoms with Crippen LogP contribution < -0.4 is 0 Å². The molecule has 0 aromatic heterocycles. The van der Waals surface area contributed by atoms with Crippen molar-refractivity contribution < 1.29 is 14.7 Å². The summed E-state index contributed by atoms with van der Waals surface area (Å²) in [6.07, 6.45) is 0.898. The van der Waals surface area contributed by atoms with Crippen LogP contribution in [0.15, 0.2) is 53.5 Å². The highest BCUT2D eigenvalue weighted by molar-refractivity contribution is 6.17. The van der Waals surface area contributed by atoms with Crippen molar-refractivity contribution >= 4 is 17.5 Å². The van der Waals surface area contributed by atoms with Gasteiger partial charge in [-0.05, 0) is 38.0 Å². The van der Waals surface area contributed by atoms with Crippen LogP contribution in [0.5, 0.6) is 0 Å². The summed E-state index contributed by atoms with van der Waals surface area (Å²) >= 11 is 0. The first-order valence-electron chi connectivity index (χ1n) is 7.89. The molecule has 0 fully saturated rings. The number of hydrogen-bond donors (Lipinski definition) is 1. The van der Waals surface area contributed by atoms with Gasteiger partial charge in [-0.1, -0.05) is 36.4 Å². The van der Waals surface area contributed by atoms with Crippen molar-refractivity contribution in [3.05, 3.63) is 70.8 Å². The van der Waals surface area contributed by atoms with E-state index in [4.69, 9.17) is 4.99 Å². The van der Waals surface area contributed by atoms with Gasteiger partial charge in [0, 0.05) is 11.1 Å². The van der Waals surface area contributed by atoms with E-state index in [1.54, 1.807) is 24.3 Å². The Hall–Kier alpha value is -2.75. The zero-order valence-corrected chi connectivity index (χ0v) is 13.7. The average Bonchev–Trinajstić information content (AvgIpc) is 2.54. The number of aromatic carboxylic acids is 1. The van der Waals surface area contributed by atoms with Crippen LogP contribution in [0.3, 0.4) is 0 Å². The molecule has 1 aliphatic heterocycles. The van der Waals surface area contributed by atoms with Gasteiger partial charge in [-0.25, -0.2) is 4.79 Å². The van der Waals surface area contributed by atoms with Crippen LogP contribution in [0.2, 0.25) is 0 Å². The number of nitrogens with zero attached hydrogens (tertiary/aromatic N) is 1. The van der Waals surface area contributed by atoms with Gasteiger partial charge >= 0.3 is 5.97 Å². The van der Waals surface area contributed by atoms with Crippen molar-refractivity contribution in [3.63, 3.8) is 0 Å². The topological polar surface area (TPSA) is 66.7 Å². The number of Topliss-reactive ketones (excluding diaryl/α,β-unsaturated/α-hetero) is 1. The Morgan fingerprint density at radius 1 is 1.08 bits per heavy atom. The predicted molar refractivity (Wildman–Crippen MR) is 93.1 cm³/mol. The molecule has 2 aromatic carbocycles. The maximum absolute atomic E-state index is 12.6. The van der Waals surface area contributed by atoms with Crippen molar-refractivity contribution in [2.45, 2.75) is 32.2 Å². The molecule has 0 radical (unpaired) electrons. The first kappa shape index (κ1) is 16.1. The second-order valence-electron chi connectivity index (χ2n) is 6.69. The van der Waals surface area contributed by atoms with Gasteiger partial charge in [-0.3, -0.25) is 9.79 Å². The van der Waals surface area contributed by atoms with E-state index < -0.39 is 5.97 Å². The van der Waals surface area contributed by atoms with Gasteiger partial charge in [0.1, 0.15) is 0 Å². The number of carbonyl (C=O) groups excluding carboxylic acids is 1. The molecule has 0 aliphatic carbocycles. The minimum atomic E-state index is -0.976. The monoisotopic (exact) mass is 321 g/mol. The van der Waals surface area contributed by atoms with E-state index in [2.05, 4.69) is 0 Å². The molecule has 0 atom stereocenters. The van der Waals surface area contributed by atoms with Gasteiger partial charge in [-0.2, -0.15) is 0 Å². The number of carboxylic acid groups (broad SMARTS) is 1. The van der Waals surface area contributed by atoms with Crippen LogP contribution in [0.1, 0.15) is 52.1 Å². The summed E-state index contributed by atoms with van der Waals surface area (Å²) in [6, 6.07) is 14.2. The molecule has 0 amide bonds. The second-order valence-corrected chi connectivity index (χ2v) is 6.69. The summed E-state index contributed by atoms with van der Waals surface area (Å²) in [5.74, 6) is -0.991. The molecule has 2 aromatic rings. The Morgan fingerprint density at radius 3 is 2.46 bits per heavy atom. The molecule has 4 nitrogen and oxygen atoms in total. The third-order valence-electron chi connectivity index (χ3n) is 4.15. The molecular weight excluding hydrogens is 302 g/mol. The van der Waals surface area contributed by atoms with E-state index in [0.29, 0.717) is 11.3 Å². The van der Waals surface area contributed by atoms with Crippen molar-refractivity contribution in [1.82, 2.24) is 0 Å². The lowest BCUT2D eigenvalue weighted by molar-refractivity contribution is 0.0696. The summed E-state index contributed by atoms with van der Waals surface area (Å²) in [4.78, 5) is 28.5. The van der Waals surface area contributed by atoms with E-state index >= 15 is 0 Å². The minimum Gasteiger partial charge on any atom is -0.478 e. The minimum absolute atomic E-state index is 0.0151. The van der Waals surface area contributed by atoms with E-state index in [-0.39, 0.29) is 23.3 Å². The van der Waals surface area contributed by atoms with Crippen molar-refractivity contribution in [3.8, 4) is 0 Å². The number of carbonyl (C=O) groups is 2. The zero-order chi connectivity index (χ0) is 17.3. The number of rotatable bonds is 4. The van der Waals surface area contributed by atoms with Crippen molar-refractivity contribution in [1.29, 1.82) is 0 Å². The molecule has 0 saturated carbocycles. The van der Waals surface area contributed by atoms with Crippen LogP contribution in [-0.4, -0.2) is 28.1 Å². The molecule has 1 heterocycles. The molecule has 1 aliphatic rings. The lowest BCUT2D eigenvalue weighted by Crippen LogP contribution is -2.30. The molecule has 4 heteroatoms. The summed E-state index contributed by atoms with van der Waals surface area (Å²) in [7, 11) is 0. The molecule has 1 N–H and O–H groups in total. The fraction of sp³-hybridized carbons (Fsp3) is 0.250. The SMILES string of the molecule is CC1(C)Cc2ccc(C(=O)O)cc2C(CC(=O)c2ccccc2)=N1. The second kappa shape index (κ2) is 6.04. The third kappa shape index (κ3) is 3.27. The lowest BCUT2D eigenvalue weighted by atomic mass is 9.84. The summed E-state index contributed by atoms with van der Waals surface area (Å²) in [5.41, 5.74) is 3.03. The maximum atomic E-state index is 12.6. The molecule has 0 unspecified atom stereocenters. The highest BCUT2D eigenvalue weighted by Gasteiger charge is 2.28. The number of benzene rings is 2. The van der Waals surface area contributed by atoms with Crippen molar-refractivity contribution in [2.75, 3.05) is 0 Å². The Balaban J connectivity index is 2.00. The largest absolute Gasteiger partial charge is 0.478 e. The maximum Gasteiger partial charge on any atom is 0.335 e. The van der Waals surface area contributed by atoms with Crippen LogP contribution in [0, 0.1) is 0 Å². The Morgan fingerprint density at radius 2 is 1.79 bits per heavy atom. The van der Waals surface area contributed by atoms with Crippen LogP contribution >= 0.6 is 0 Å². The fourth-order valence-corrected chi connectivity index (χ4v) is 3.08. The van der Waals surface area contributed by atoms with Gasteiger partial charge in [0.25, 0.3) is 0 Å². The van der Waals surface area contributed by atoms with E-state index in [1.807, 2.05) is 38.1 Å². The quantitative estimate of drug-likeness (QED) is 0.871. The third-order valence-corrected chi connectivity index (χ3v) is 4.15. The lowest BCUT2D eigenvalue weighted by Gasteiger charge is -2.29. The van der Waals surface area contributed by atoms with Crippen LogP contribution in [0.25, 0.3) is 0 Å². The molecule has 0 bridgehead atoms. The first-order valence-corrected chi connectivity index (χ1v) is 7.89. The summed E-state index contributed by atoms with van der Waals surface area (Å²) in [6.45, 7) is 4.04. The highest BCUT2D eigenvalue weighted by atomic mass is 16.4. The summed E-state index contributed by atoms with van der Waals surface area (Å²) in [5, 5.41) is 9.23. The molecule has 24 heavy (non-hydrogen) atoms. The van der Waals surface area contributed by atoms with E-state index in [1.165, 1.54) is 0 Å². The van der Waals surface area contributed by atoms with Crippen LogP contribution in [0.4, 0.5) is 0 Å². The Labute approximate surface area is 140 Å². The van der Waals surface area contributed by atoms with E-state index in [9.17, 15) is 14.7 Å². The molecule has 0 spiro atoms. The van der Waals surface area contributed by atoms with Gasteiger partial charge in [-0.15, -0.1) is 0 Å². The van der Waals surface area contributed by atoms with Crippen molar-refractivity contribution in [2.24, 2.45) is 4.99 Å². The van der Waals surface area contributed by atoms with Gasteiger partial charge in [0.2, 0.25) is 0 Å². The average molecular weight is 321 g/mol. The number of hydrogen-bond acceptors (Lipinski definition) is 3. The fourth-order valence-electron chi connectivity index (χ4n) is 3.08. The van der Waals surface area contributed by atoms with E-state index in [0.717, 1.165) is 17.5 Å². The number of ketones is 1. The smallest absolute Gasteiger partial charge is 0.335 e. The summed E-state index contributed by atoms with van der Waals surface area (Å²) < 4.78 is 0. The molecule has 3 rings (SSSR count). The van der Waals surface area contributed by atoms with Gasteiger partial charge in [0.05, 0.1) is 23.2 Å². The predicted octanol–water partition coefficient (Wildman–Crippen LogP) is 3.78. The first-order chi connectivity index (χ1) is 11.4. The van der Waals surface area contributed by atoms with Gasteiger partial charge in [0.15, 0.2) is 5.78 Å². The highest BCUT2D eigenvalue weighted by Crippen LogP contribution is 2.29. The Kier molecular flexibility index (Phi) is 4.06. The van der Waals surface area contributed by atoms with Gasteiger partial charge < -0.3 is 5.11 Å². The van der Waals surface area contributed by atoms with Crippen LogP contribution in [-0.2, 0) is 6.42 Å². The number of carboxylic acids is 1. The molecular formula is C20H19NO3. The molecule has 0 saturated heterocycles. The number of fused-ring (bicyclic) bond motifs is 1. The standard InChI is InChI=1S/C20H19NO3/c1-20(2)12-15-9-8-14(19(23)24)10-16(15)17(21-20)11-18(22)13-6-4-3-5-7-13/h3-10H,11-12H2,1-2H3,(H,23,24). The molecule has 122 valence electrons. The normalized spacial score (nSPS) is 15.3. The number of aliphatic imine (C=N–C) groups is 1. The Bertz CT molecular complexity index is 835. The zero-order valence-electron chi connectivity index (χ0n) is 13.7.